The standard InChI is InChI=1S/C21H19N3O3/c1-15-3-4-16(2)21(13-15)27-20-11-5-17(6-12-20)14-22-23-18-7-9-19(10-8-18)24(25)26/h3-14,23H,1-2H3. The van der Waals surface area contributed by atoms with Crippen LogP contribution in [0.25, 0.3) is 0 Å². The van der Waals surface area contributed by atoms with Crippen LogP contribution >= 0.6 is 0 Å². The van der Waals surface area contributed by atoms with Crippen molar-refractivity contribution in [3.8, 4) is 11.5 Å². The molecule has 0 saturated carbocycles. The Balaban J connectivity index is 1.60. The monoisotopic (exact) mass is 361 g/mol. The minimum Gasteiger partial charge on any atom is -0.457 e. The Kier molecular flexibility index (Phi) is 5.47. The molecule has 0 atom stereocenters. The van der Waals surface area contributed by atoms with E-state index in [1.165, 1.54) is 12.1 Å². The lowest BCUT2D eigenvalue weighted by Crippen LogP contribution is -1.92. The summed E-state index contributed by atoms with van der Waals surface area (Å²) in [7, 11) is 0. The highest BCUT2D eigenvalue weighted by Gasteiger charge is 2.03. The second kappa shape index (κ2) is 8.14. The van der Waals surface area contributed by atoms with Crippen LogP contribution in [0.2, 0.25) is 0 Å². The van der Waals surface area contributed by atoms with E-state index in [2.05, 4.69) is 16.6 Å². The summed E-state index contributed by atoms with van der Waals surface area (Å²) in [5.74, 6) is 1.60. The molecule has 1 N–H and O–H groups in total. The normalized spacial score (nSPS) is 10.7. The van der Waals surface area contributed by atoms with Crippen molar-refractivity contribution in [3.63, 3.8) is 0 Å². The third-order valence-corrected chi connectivity index (χ3v) is 3.94. The predicted molar refractivity (Wildman–Crippen MR) is 107 cm³/mol. The zero-order chi connectivity index (χ0) is 19.2. The molecule has 0 unspecified atom stereocenters. The fourth-order valence-electron chi connectivity index (χ4n) is 2.41. The van der Waals surface area contributed by atoms with Gasteiger partial charge in [-0.2, -0.15) is 5.10 Å². The smallest absolute Gasteiger partial charge is 0.269 e. The topological polar surface area (TPSA) is 76.8 Å². The number of nitrogens with zero attached hydrogens (tertiary/aromatic N) is 2. The molecule has 0 spiro atoms. The quantitative estimate of drug-likeness (QED) is 0.360. The maximum Gasteiger partial charge on any atom is 0.269 e. The highest BCUT2D eigenvalue weighted by Crippen LogP contribution is 2.26. The van der Waals surface area contributed by atoms with Gasteiger partial charge in [0.1, 0.15) is 11.5 Å². The average Bonchev–Trinajstić information content (AvgIpc) is 2.66. The highest BCUT2D eigenvalue weighted by molar-refractivity contribution is 5.80. The van der Waals surface area contributed by atoms with Gasteiger partial charge in [-0.25, -0.2) is 0 Å². The Labute approximate surface area is 157 Å². The summed E-state index contributed by atoms with van der Waals surface area (Å²) in [6, 6.07) is 19.8. The summed E-state index contributed by atoms with van der Waals surface area (Å²) < 4.78 is 5.93. The summed E-state index contributed by atoms with van der Waals surface area (Å²) in [6.07, 6.45) is 1.67. The number of nitro benzene ring substituents is 1. The van der Waals surface area contributed by atoms with Crippen molar-refractivity contribution < 1.29 is 9.66 Å². The van der Waals surface area contributed by atoms with E-state index in [0.717, 1.165) is 28.2 Å². The van der Waals surface area contributed by atoms with Gasteiger partial charge in [-0.15, -0.1) is 0 Å². The van der Waals surface area contributed by atoms with E-state index < -0.39 is 4.92 Å². The number of hydrazone groups is 1. The lowest BCUT2D eigenvalue weighted by atomic mass is 10.1. The zero-order valence-electron chi connectivity index (χ0n) is 15.0. The second-order valence-corrected chi connectivity index (χ2v) is 6.11. The van der Waals surface area contributed by atoms with Crippen LogP contribution in [0.15, 0.2) is 71.8 Å². The molecule has 27 heavy (non-hydrogen) atoms. The molecule has 0 amide bonds. The SMILES string of the molecule is Cc1ccc(C)c(Oc2ccc(C=NNc3ccc([N+](=O)[O-])cc3)cc2)c1. The Morgan fingerprint density at radius 2 is 1.70 bits per heavy atom. The van der Waals surface area contributed by atoms with Crippen LogP contribution < -0.4 is 10.2 Å². The van der Waals surface area contributed by atoms with Crippen molar-refractivity contribution >= 4 is 17.6 Å². The van der Waals surface area contributed by atoms with Gasteiger partial charge in [0.05, 0.1) is 16.8 Å². The summed E-state index contributed by atoms with van der Waals surface area (Å²) >= 11 is 0. The first-order chi connectivity index (χ1) is 13.0. The lowest BCUT2D eigenvalue weighted by Gasteiger charge is -2.09. The number of ether oxygens (including phenoxy) is 1. The first-order valence-corrected chi connectivity index (χ1v) is 8.40. The van der Waals surface area contributed by atoms with Crippen LogP contribution in [0, 0.1) is 24.0 Å². The van der Waals surface area contributed by atoms with Gasteiger partial charge in [0.2, 0.25) is 0 Å². The van der Waals surface area contributed by atoms with Gasteiger partial charge in [0.15, 0.2) is 0 Å². The molecule has 0 aromatic heterocycles. The molecule has 0 heterocycles. The van der Waals surface area contributed by atoms with Gasteiger partial charge in [-0.05, 0) is 73.0 Å². The van der Waals surface area contributed by atoms with E-state index in [1.54, 1.807) is 18.3 Å². The number of benzene rings is 3. The molecule has 0 radical (unpaired) electrons. The fraction of sp³-hybridized carbons (Fsp3) is 0.0952. The van der Waals surface area contributed by atoms with E-state index in [4.69, 9.17) is 4.74 Å². The number of aryl methyl sites for hydroxylation is 2. The van der Waals surface area contributed by atoms with Gasteiger partial charge in [0, 0.05) is 12.1 Å². The van der Waals surface area contributed by atoms with E-state index in [9.17, 15) is 10.1 Å². The van der Waals surface area contributed by atoms with Crippen LogP contribution in [-0.2, 0) is 0 Å². The third-order valence-electron chi connectivity index (χ3n) is 3.94. The molecule has 6 heteroatoms. The molecular formula is C21H19N3O3. The first kappa shape index (κ1) is 18.1. The maximum absolute atomic E-state index is 10.6. The first-order valence-electron chi connectivity index (χ1n) is 8.40. The molecule has 3 rings (SSSR count). The summed E-state index contributed by atoms with van der Waals surface area (Å²) in [5, 5.41) is 14.8. The Hall–Kier alpha value is -3.67. The van der Waals surface area contributed by atoms with E-state index >= 15 is 0 Å². The third kappa shape index (κ3) is 4.92. The molecular weight excluding hydrogens is 342 g/mol. The maximum atomic E-state index is 10.6. The number of nitro groups is 1. The van der Waals surface area contributed by atoms with Crippen LogP contribution in [0.4, 0.5) is 11.4 Å². The van der Waals surface area contributed by atoms with E-state index in [1.807, 2.05) is 50.2 Å². The Morgan fingerprint density at radius 3 is 2.37 bits per heavy atom. The number of non-ortho nitro benzene ring substituents is 1. The minimum absolute atomic E-state index is 0.0453. The van der Waals surface area contributed by atoms with Crippen molar-refractivity contribution in [2.75, 3.05) is 5.43 Å². The molecule has 0 aliphatic rings. The van der Waals surface area contributed by atoms with Crippen LogP contribution in [0.3, 0.4) is 0 Å². The summed E-state index contributed by atoms with van der Waals surface area (Å²) in [6.45, 7) is 4.05. The van der Waals surface area contributed by atoms with Gasteiger partial charge in [-0.1, -0.05) is 12.1 Å². The minimum atomic E-state index is -0.436. The number of nitrogens with one attached hydrogen (secondary N) is 1. The van der Waals surface area contributed by atoms with Gasteiger partial charge < -0.3 is 4.74 Å². The van der Waals surface area contributed by atoms with Gasteiger partial charge >= 0.3 is 0 Å². The zero-order valence-corrected chi connectivity index (χ0v) is 15.0. The number of anilines is 1. The average molecular weight is 361 g/mol. The van der Waals surface area contributed by atoms with Crippen molar-refractivity contribution in [3.05, 3.63) is 93.5 Å². The van der Waals surface area contributed by atoms with Crippen LogP contribution in [-0.4, -0.2) is 11.1 Å². The fourth-order valence-corrected chi connectivity index (χ4v) is 2.41. The van der Waals surface area contributed by atoms with E-state index in [0.29, 0.717) is 5.69 Å². The molecule has 3 aromatic rings. The van der Waals surface area contributed by atoms with Crippen molar-refractivity contribution in [2.45, 2.75) is 13.8 Å². The number of hydrogen-bond acceptors (Lipinski definition) is 5. The largest absolute Gasteiger partial charge is 0.457 e. The van der Waals surface area contributed by atoms with Crippen LogP contribution in [0.1, 0.15) is 16.7 Å². The van der Waals surface area contributed by atoms with Gasteiger partial charge in [-0.3, -0.25) is 15.5 Å². The van der Waals surface area contributed by atoms with Crippen molar-refractivity contribution in [1.29, 1.82) is 0 Å². The lowest BCUT2D eigenvalue weighted by molar-refractivity contribution is -0.384. The Morgan fingerprint density at radius 1 is 1.00 bits per heavy atom. The van der Waals surface area contributed by atoms with Crippen LogP contribution in [0.5, 0.6) is 11.5 Å². The second-order valence-electron chi connectivity index (χ2n) is 6.11. The molecule has 0 bridgehead atoms. The van der Waals surface area contributed by atoms with Crippen molar-refractivity contribution in [2.24, 2.45) is 5.10 Å². The van der Waals surface area contributed by atoms with Gasteiger partial charge in [0.25, 0.3) is 5.69 Å². The summed E-state index contributed by atoms with van der Waals surface area (Å²) in [4.78, 5) is 10.2. The highest BCUT2D eigenvalue weighted by atomic mass is 16.6. The number of rotatable bonds is 6. The molecule has 136 valence electrons. The summed E-state index contributed by atoms with van der Waals surface area (Å²) in [5.41, 5.74) is 6.69. The molecule has 0 fully saturated rings. The molecule has 0 aliphatic heterocycles. The predicted octanol–water partition coefficient (Wildman–Crippen LogP) is 5.45. The van der Waals surface area contributed by atoms with E-state index in [-0.39, 0.29) is 5.69 Å². The molecule has 6 nitrogen and oxygen atoms in total. The van der Waals surface area contributed by atoms with Crippen molar-refractivity contribution in [1.82, 2.24) is 0 Å². The molecule has 0 aliphatic carbocycles. The molecule has 3 aromatic carbocycles. The Bertz CT molecular complexity index is 965. The molecule has 0 saturated heterocycles. The number of hydrogen-bond donors (Lipinski definition) is 1.